The fourth-order valence-electron chi connectivity index (χ4n) is 0.957. The molecule has 0 radical (unpaired) electrons. The summed E-state index contributed by atoms with van der Waals surface area (Å²) in [7, 11) is 0. The Bertz CT molecular complexity index is 84.4. The smallest absolute Gasteiger partial charge is 0.0751 e. The van der Waals surface area contributed by atoms with Crippen LogP contribution in [0.5, 0.6) is 0 Å². The molecular weight excluding hydrogens is 126 g/mol. The van der Waals surface area contributed by atoms with Crippen molar-refractivity contribution in [2.24, 2.45) is 5.41 Å². The molecule has 1 aliphatic carbocycles. The second-order valence-corrected chi connectivity index (χ2v) is 2.61. The predicted octanol–water partition coefficient (Wildman–Crippen LogP) is 0.723. The number of hydrogen-bond acceptors (Lipinski definition) is 2. The second kappa shape index (κ2) is 1.87. The van der Waals surface area contributed by atoms with Crippen LogP contribution in [0.2, 0.25) is 0 Å². The molecule has 1 N–H and O–H groups in total. The number of rotatable bonds is 0. The molecule has 0 unspecified atom stereocenters. The second-order valence-electron chi connectivity index (χ2n) is 2.61. The Morgan fingerprint density at radius 2 is 2.12 bits per heavy atom. The summed E-state index contributed by atoms with van der Waals surface area (Å²) >= 11 is 0. The molecule has 0 amide bonds. The Kier molecular flexibility index (Phi) is 1.48. The van der Waals surface area contributed by atoms with Gasteiger partial charge in [-0.05, 0) is 12.8 Å². The predicted molar refractivity (Wildman–Crippen MR) is 32.9 cm³/mol. The van der Waals surface area contributed by atoms with Crippen LogP contribution in [0.1, 0.15) is 12.8 Å². The summed E-state index contributed by atoms with van der Waals surface area (Å²) < 4.78 is 0. The molecule has 48 valence electrons. The van der Waals surface area contributed by atoms with Crippen LogP contribution < -0.4 is 5.48 Å². The number of halogens is 1. The topological polar surface area (TPSA) is 21.3 Å². The molecule has 1 heterocycles. The van der Waals surface area contributed by atoms with E-state index >= 15 is 0 Å². The molecule has 0 bridgehead atoms. The maximum absolute atomic E-state index is 4.97. The van der Waals surface area contributed by atoms with Crippen molar-refractivity contribution in [1.29, 1.82) is 0 Å². The quantitative estimate of drug-likeness (QED) is 0.529. The summed E-state index contributed by atoms with van der Waals surface area (Å²) in [6.07, 6.45) is 2.75. The Morgan fingerprint density at radius 3 is 2.38 bits per heavy atom. The zero-order valence-corrected chi connectivity index (χ0v) is 5.46. The normalized spacial score (nSPS) is 30.0. The van der Waals surface area contributed by atoms with E-state index in [1.807, 2.05) is 0 Å². The molecule has 2 nitrogen and oxygen atoms in total. The third-order valence-electron chi connectivity index (χ3n) is 1.88. The summed E-state index contributed by atoms with van der Waals surface area (Å²) in [6, 6.07) is 0. The van der Waals surface area contributed by atoms with Gasteiger partial charge < -0.3 is 4.84 Å². The van der Waals surface area contributed by atoms with Crippen LogP contribution in [-0.2, 0) is 4.84 Å². The Morgan fingerprint density at radius 1 is 1.38 bits per heavy atom. The van der Waals surface area contributed by atoms with Gasteiger partial charge in [0.25, 0.3) is 0 Å². The summed E-state index contributed by atoms with van der Waals surface area (Å²) in [5.41, 5.74) is 3.49. The highest BCUT2D eigenvalue weighted by Gasteiger charge is 2.45. The zero-order chi connectivity index (χ0) is 4.74. The Labute approximate surface area is 55.0 Å². The fraction of sp³-hybridized carbons (Fsp3) is 1.00. The lowest BCUT2D eigenvalue weighted by molar-refractivity contribution is 0.0954. The summed E-state index contributed by atoms with van der Waals surface area (Å²) in [5.74, 6) is 0. The van der Waals surface area contributed by atoms with Crippen molar-refractivity contribution in [1.82, 2.24) is 5.48 Å². The van der Waals surface area contributed by atoms with Gasteiger partial charge in [0.05, 0.1) is 6.61 Å². The van der Waals surface area contributed by atoms with Crippen molar-refractivity contribution in [2.75, 3.05) is 13.2 Å². The van der Waals surface area contributed by atoms with Gasteiger partial charge in [0, 0.05) is 12.0 Å². The lowest BCUT2D eigenvalue weighted by atomic mass is 10.1. The summed E-state index contributed by atoms with van der Waals surface area (Å²) in [6.45, 7) is 2.04. The van der Waals surface area contributed by atoms with Gasteiger partial charge in [0.15, 0.2) is 0 Å². The lowest BCUT2D eigenvalue weighted by Gasteiger charge is -1.93. The Hall–Kier alpha value is 0.210. The van der Waals surface area contributed by atoms with Crippen LogP contribution in [-0.4, -0.2) is 13.2 Å². The minimum absolute atomic E-state index is 0. The monoisotopic (exact) mass is 135 g/mol. The van der Waals surface area contributed by atoms with Crippen LogP contribution in [0.3, 0.4) is 0 Å². The summed E-state index contributed by atoms with van der Waals surface area (Å²) in [5, 5.41) is 0. The minimum Gasteiger partial charge on any atom is -0.301 e. The van der Waals surface area contributed by atoms with Crippen molar-refractivity contribution in [3.63, 3.8) is 0 Å². The number of nitrogens with one attached hydrogen (secondary N) is 1. The van der Waals surface area contributed by atoms with E-state index in [0.29, 0.717) is 5.41 Å². The highest BCUT2D eigenvalue weighted by Crippen LogP contribution is 2.46. The molecule has 3 heteroatoms. The largest absolute Gasteiger partial charge is 0.301 e. The molecule has 2 aliphatic rings. The van der Waals surface area contributed by atoms with Crippen LogP contribution in [0.25, 0.3) is 0 Å². The molecule has 2 fully saturated rings. The van der Waals surface area contributed by atoms with E-state index < -0.39 is 0 Å². The van der Waals surface area contributed by atoms with Crippen molar-refractivity contribution in [2.45, 2.75) is 12.8 Å². The number of hydrogen-bond donors (Lipinski definition) is 1. The first-order valence-corrected chi connectivity index (χ1v) is 2.76. The van der Waals surface area contributed by atoms with E-state index in [1.165, 1.54) is 12.8 Å². The highest BCUT2D eigenvalue weighted by molar-refractivity contribution is 5.85. The molecule has 1 aliphatic heterocycles. The molecule has 0 aromatic heterocycles. The maximum Gasteiger partial charge on any atom is 0.0751 e. The van der Waals surface area contributed by atoms with Gasteiger partial charge in [0.1, 0.15) is 0 Å². The van der Waals surface area contributed by atoms with Gasteiger partial charge in [0.2, 0.25) is 0 Å². The van der Waals surface area contributed by atoms with Gasteiger partial charge in [-0.25, -0.2) is 5.48 Å². The first kappa shape index (κ1) is 6.33. The maximum atomic E-state index is 4.97. The average Bonchev–Trinajstić information content (AvgIpc) is 2.15. The van der Waals surface area contributed by atoms with Crippen molar-refractivity contribution in [3.8, 4) is 0 Å². The molecule has 2 rings (SSSR count). The summed E-state index contributed by atoms with van der Waals surface area (Å²) in [4.78, 5) is 4.97. The fourth-order valence-corrected chi connectivity index (χ4v) is 0.957. The molecule has 0 aromatic rings. The molecule has 0 atom stereocenters. The molecule has 1 saturated heterocycles. The van der Waals surface area contributed by atoms with E-state index in [2.05, 4.69) is 5.48 Å². The van der Waals surface area contributed by atoms with Gasteiger partial charge in [-0.15, -0.1) is 12.4 Å². The molecule has 0 aromatic carbocycles. The molecule has 1 spiro atoms. The Balaban J connectivity index is 0.000000320. The molecular formula is C5H10ClNO. The first-order valence-electron chi connectivity index (χ1n) is 2.76. The minimum atomic E-state index is 0. The lowest BCUT2D eigenvalue weighted by Crippen LogP contribution is -2.07. The van der Waals surface area contributed by atoms with E-state index in [1.54, 1.807) is 0 Å². The van der Waals surface area contributed by atoms with E-state index in [-0.39, 0.29) is 12.4 Å². The first-order chi connectivity index (χ1) is 3.41. The van der Waals surface area contributed by atoms with Crippen LogP contribution >= 0.6 is 12.4 Å². The number of hydroxylamine groups is 1. The van der Waals surface area contributed by atoms with Gasteiger partial charge in [-0.1, -0.05) is 0 Å². The van der Waals surface area contributed by atoms with Crippen molar-refractivity contribution < 1.29 is 4.84 Å². The molecule has 8 heavy (non-hydrogen) atoms. The third-order valence-corrected chi connectivity index (χ3v) is 1.88. The van der Waals surface area contributed by atoms with Crippen LogP contribution in [0, 0.1) is 5.41 Å². The van der Waals surface area contributed by atoms with E-state index in [9.17, 15) is 0 Å². The van der Waals surface area contributed by atoms with Crippen molar-refractivity contribution >= 4 is 12.4 Å². The van der Waals surface area contributed by atoms with E-state index in [4.69, 9.17) is 4.84 Å². The van der Waals surface area contributed by atoms with Gasteiger partial charge in [-0.2, -0.15) is 0 Å². The zero-order valence-electron chi connectivity index (χ0n) is 4.64. The molecule has 1 saturated carbocycles. The third kappa shape index (κ3) is 0.835. The van der Waals surface area contributed by atoms with Crippen molar-refractivity contribution in [3.05, 3.63) is 0 Å². The van der Waals surface area contributed by atoms with Gasteiger partial charge >= 0.3 is 0 Å². The van der Waals surface area contributed by atoms with Gasteiger partial charge in [-0.3, -0.25) is 0 Å². The standard InChI is InChI=1S/C5H9NO.ClH/c1-2-5(1)3-6-7-4-5;/h6H,1-4H2;1H. The highest BCUT2D eigenvalue weighted by atomic mass is 35.5. The van der Waals surface area contributed by atoms with Crippen LogP contribution in [0.15, 0.2) is 0 Å². The van der Waals surface area contributed by atoms with Crippen LogP contribution in [0.4, 0.5) is 0 Å². The average molecular weight is 136 g/mol. The SMILES string of the molecule is C1CC12CNOC2.Cl. The van der Waals surface area contributed by atoms with E-state index in [0.717, 1.165) is 13.2 Å².